The normalized spacial score (nSPS) is 18.7. The summed E-state index contributed by atoms with van der Waals surface area (Å²) in [5.74, 6) is 0.979. The van der Waals surface area contributed by atoms with Crippen molar-refractivity contribution in [3.63, 3.8) is 0 Å². The molecule has 176 valence electrons. The third kappa shape index (κ3) is 4.08. The molecule has 1 N–H and O–H groups in total. The highest BCUT2D eigenvalue weighted by molar-refractivity contribution is 5.86. The third-order valence-electron chi connectivity index (χ3n) is 7.31. The van der Waals surface area contributed by atoms with Gasteiger partial charge in [-0.25, -0.2) is 4.98 Å². The minimum atomic E-state index is 0.526. The Bertz CT molecular complexity index is 1300. The molecule has 2 aromatic carbocycles. The predicted octanol–water partition coefficient (Wildman–Crippen LogP) is 3.70. The van der Waals surface area contributed by atoms with Crippen LogP contribution in [0.4, 0.5) is 11.8 Å². The Morgan fingerprint density at radius 2 is 1.59 bits per heavy atom. The number of likely N-dealkylation sites (N-methyl/N-ethyl adjacent to an activating group) is 1. The second kappa shape index (κ2) is 8.85. The molecule has 0 atom stereocenters. The van der Waals surface area contributed by atoms with E-state index in [-0.39, 0.29) is 0 Å². The zero-order chi connectivity index (χ0) is 23.1. The average Bonchev–Trinajstić information content (AvgIpc) is 3.31. The van der Waals surface area contributed by atoms with Gasteiger partial charge in [-0.15, -0.1) is 0 Å². The Kier molecular flexibility index (Phi) is 5.55. The third-order valence-corrected chi connectivity index (χ3v) is 7.31. The van der Waals surface area contributed by atoms with E-state index in [1.807, 2.05) is 18.3 Å². The molecule has 0 aliphatic carbocycles. The Hall–Kier alpha value is -3.23. The first kappa shape index (κ1) is 21.3. The van der Waals surface area contributed by atoms with Crippen molar-refractivity contribution < 1.29 is 4.42 Å². The Balaban J connectivity index is 1.20. The van der Waals surface area contributed by atoms with Crippen LogP contribution >= 0.6 is 0 Å². The van der Waals surface area contributed by atoms with E-state index >= 15 is 0 Å². The number of oxazole rings is 1. The zero-order valence-corrected chi connectivity index (χ0v) is 19.9. The number of nitrogens with one attached hydrogen (secondary N) is 1. The van der Waals surface area contributed by atoms with E-state index in [9.17, 15) is 0 Å². The first-order valence-electron chi connectivity index (χ1n) is 12.2. The van der Waals surface area contributed by atoms with Crippen molar-refractivity contribution in [1.82, 2.24) is 24.8 Å². The number of fused-ring (bicyclic) bond motifs is 2. The van der Waals surface area contributed by atoms with Crippen LogP contribution in [0.15, 0.2) is 47.0 Å². The van der Waals surface area contributed by atoms with E-state index in [2.05, 4.69) is 56.3 Å². The number of hydrogen-bond acceptors (Lipinski definition) is 8. The molecule has 34 heavy (non-hydrogen) atoms. The molecule has 6 rings (SSSR count). The van der Waals surface area contributed by atoms with E-state index in [0.29, 0.717) is 12.1 Å². The van der Waals surface area contributed by atoms with Crippen LogP contribution in [-0.4, -0.2) is 84.2 Å². The maximum Gasteiger partial charge on any atom is 0.295 e. The number of rotatable bonds is 4. The SMILES string of the molecule is CNc1nc2cc(-c3ccc4ncc(N5CCC(N6CCN(C)CC6)CC5)nc4c3)ccc2o1. The summed E-state index contributed by atoms with van der Waals surface area (Å²) < 4.78 is 5.66. The number of piperazine rings is 1. The van der Waals surface area contributed by atoms with Crippen molar-refractivity contribution in [3.05, 3.63) is 42.6 Å². The quantitative estimate of drug-likeness (QED) is 0.497. The molecule has 2 aliphatic rings. The molecule has 0 saturated carbocycles. The van der Waals surface area contributed by atoms with Gasteiger partial charge >= 0.3 is 0 Å². The standard InChI is InChI=1S/C26H31N7O/c1-27-26-30-23-16-19(4-6-24(23)34-26)18-3-5-21-22(15-18)29-25(17-28-21)33-9-7-20(8-10-33)32-13-11-31(2)12-14-32/h3-6,15-17,20H,7-14H2,1-2H3,(H,27,30). The van der Waals surface area contributed by atoms with Gasteiger partial charge in [0.2, 0.25) is 0 Å². The molecule has 8 heteroatoms. The van der Waals surface area contributed by atoms with Crippen molar-refractivity contribution in [2.45, 2.75) is 18.9 Å². The van der Waals surface area contributed by atoms with Crippen LogP contribution in [0.3, 0.4) is 0 Å². The topological polar surface area (TPSA) is 73.6 Å². The van der Waals surface area contributed by atoms with Crippen LogP contribution in [0.2, 0.25) is 0 Å². The number of nitrogens with zero attached hydrogens (tertiary/aromatic N) is 6. The van der Waals surface area contributed by atoms with E-state index < -0.39 is 0 Å². The number of hydrogen-bond donors (Lipinski definition) is 1. The predicted molar refractivity (Wildman–Crippen MR) is 136 cm³/mol. The second-order valence-electron chi connectivity index (χ2n) is 9.44. The summed E-state index contributed by atoms with van der Waals surface area (Å²) in [5, 5.41) is 2.95. The lowest BCUT2D eigenvalue weighted by Crippen LogP contribution is -2.52. The van der Waals surface area contributed by atoms with E-state index in [1.165, 1.54) is 39.0 Å². The van der Waals surface area contributed by atoms with Gasteiger partial charge in [-0.3, -0.25) is 9.88 Å². The van der Waals surface area contributed by atoms with Gasteiger partial charge in [0, 0.05) is 52.4 Å². The minimum absolute atomic E-state index is 0.526. The van der Waals surface area contributed by atoms with Crippen molar-refractivity contribution in [2.75, 3.05) is 63.6 Å². The highest BCUT2D eigenvalue weighted by Crippen LogP contribution is 2.29. The molecular formula is C26H31N7O. The number of aromatic nitrogens is 3. The second-order valence-corrected chi connectivity index (χ2v) is 9.44. The fourth-order valence-electron chi connectivity index (χ4n) is 5.19. The van der Waals surface area contributed by atoms with Crippen molar-refractivity contribution in [3.8, 4) is 11.1 Å². The van der Waals surface area contributed by atoms with E-state index in [4.69, 9.17) is 14.4 Å². The van der Waals surface area contributed by atoms with Crippen LogP contribution in [0.25, 0.3) is 33.3 Å². The molecule has 0 amide bonds. The van der Waals surface area contributed by atoms with Gasteiger partial charge < -0.3 is 19.5 Å². The molecule has 8 nitrogen and oxygen atoms in total. The van der Waals surface area contributed by atoms with Crippen LogP contribution in [0.5, 0.6) is 0 Å². The average molecular weight is 458 g/mol. The summed E-state index contributed by atoms with van der Waals surface area (Å²) in [5.41, 5.74) is 5.64. The highest BCUT2D eigenvalue weighted by Gasteiger charge is 2.27. The molecule has 2 aromatic heterocycles. The Labute approximate surface area is 199 Å². The monoisotopic (exact) mass is 457 g/mol. The number of piperidine rings is 1. The molecule has 0 spiro atoms. The molecule has 4 heterocycles. The van der Waals surface area contributed by atoms with E-state index in [0.717, 1.165) is 52.2 Å². The van der Waals surface area contributed by atoms with Crippen LogP contribution in [0, 0.1) is 0 Å². The Morgan fingerprint density at radius 3 is 2.35 bits per heavy atom. The molecule has 0 unspecified atom stereocenters. The van der Waals surface area contributed by atoms with Gasteiger partial charge in [-0.2, -0.15) is 4.98 Å². The van der Waals surface area contributed by atoms with Crippen molar-refractivity contribution in [2.24, 2.45) is 0 Å². The fraction of sp³-hybridized carbons (Fsp3) is 0.423. The van der Waals surface area contributed by atoms with Gasteiger partial charge in [0.15, 0.2) is 5.58 Å². The molecular weight excluding hydrogens is 426 g/mol. The van der Waals surface area contributed by atoms with Gasteiger partial charge in [-0.05, 0) is 55.3 Å². The summed E-state index contributed by atoms with van der Waals surface area (Å²) >= 11 is 0. The summed E-state index contributed by atoms with van der Waals surface area (Å²) in [6.45, 7) is 6.81. The molecule has 2 aliphatic heterocycles. The van der Waals surface area contributed by atoms with Gasteiger partial charge in [0.1, 0.15) is 11.3 Å². The lowest BCUT2D eigenvalue weighted by atomic mass is 10.0. The van der Waals surface area contributed by atoms with Crippen LogP contribution in [0.1, 0.15) is 12.8 Å². The van der Waals surface area contributed by atoms with Crippen LogP contribution in [-0.2, 0) is 0 Å². The molecule has 4 aromatic rings. The molecule has 0 radical (unpaired) electrons. The number of benzene rings is 2. The van der Waals surface area contributed by atoms with E-state index in [1.54, 1.807) is 7.05 Å². The van der Waals surface area contributed by atoms with Gasteiger partial charge in [0.05, 0.1) is 17.2 Å². The minimum Gasteiger partial charge on any atom is -0.424 e. The fourth-order valence-corrected chi connectivity index (χ4v) is 5.19. The summed E-state index contributed by atoms with van der Waals surface area (Å²) in [6.07, 6.45) is 4.31. The molecule has 2 saturated heterocycles. The molecule has 0 bridgehead atoms. The lowest BCUT2D eigenvalue weighted by Gasteiger charge is -2.42. The van der Waals surface area contributed by atoms with Crippen molar-refractivity contribution in [1.29, 1.82) is 0 Å². The van der Waals surface area contributed by atoms with Gasteiger partial charge in [-0.1, -0.05) is 12.1 Å². The highest BCUT2D eigenvalue weighted by atomic mass is 16.4. The van der Waals surface area contributed by atoms with Crippen molar-refractivity contribution >= 4 is 34.0 Å². The van der Waals surface area contributed by atoms with Gasteiger partial charge in [0.25, 0.3) is 6.01 Å². The summed E-state index contributed by atoms with van der Waals surface area (Å²) in [6, 6.07) is 13.6. The molecule has 2 fully saturated rings. The first-order chi connectivity index (χ1) is 16.7. The summed E-state index contributed by atoms with van der Waals surface area (Å²) in [7, 11) is 4.02. The Morgan fingerprint density at radius 1 is 0.853 bits per heavy atom. The largest absolute Gasteiger partial charge is 0.424 e. The number of anilines is 2. The smallest absolute Gasteiger partial charge is 0.295 e. The maximum atomic E-state index is 5.66. The lowest BCUT2D eigenvalue weighted by molar-refractivity contribution is 0.0981. The zero-order valence-electron chi connectivity index (χ0n) is 19.9. The van der Waals surface area contributed by atoms with Crippen LogP contribution < -0.4 is 10.2 Å². The maximum absolute atomic E-state index is 5.66. The summed E-state index contributed by atoms with van der Waals surface area (Å²) in [4.78, 5) is 21.7. The first-order valence-corrected chi connectivity index (χ1v) is 12.2.